The molecule has 0 saturated carbocycles. The van der Waals surface area contributed by atoms with Gasteiger partial charge >= 0.3 is 0 Å². The molecule has 0 saturated heterocycles. The Morgan fingerprint density at radius 1 is 1.05 bits per heavy atom. The Morgan fingerprint density at radius 3 is 2.45 bits per heavy atom. The second-order valence-electron chi connectivity index (χ2n) is 5.47. The molecule has 2 aromatic rings. The summed E-state index contributed by atoms with van der Waals surface area (Å²) in [4.78, 5) is 12.4. The maximum atomic E-state index is 12.4. The number of nitrogens with one attached hydrogen (secondary N) is 1. The van der Waals surface area contributed by atoms with Crippen LogP contribution < -0.4 is 5.32 Å². The normalized spacial score (nSPS) is 11.9. The first-order chi connectivity index (χ1) is 10.7. The highest BCUT2D eigenvalue weighted by molar-refractivity contribution is 5.95. The number of hydrogen-bond donors (Lipinski definition) is 1. The van der Waals surface area contributed by atoms with Crippen LogP contribution in [0.15, 0.2) is 54.6 Å². The molecule has 1 atom stereocenters. The van der Waals surface area contributed by atoms with Crippen molar-refractivity contribution in [2.45, 2.75) is 25.8 Å². The van der Waals surface area contributed by atoms with Crippen molar-refractivity contribution in [3.63, 3.8) is 0 Å². The van der Waals surface area contributed by atoms with Crippen LogP contribution in [0.5, 0.6) is 0 Å². The summed E-state index contributed by atoms with van der Waals surface area (Å²) in [5.41, 5.74) is 3.11. The molecular weight excluding hydrogens is 274 g/mol. The summed E-state index contributed by atoms with van der Waals surface area (Å²) in [5, 5.41) is 2.97. The summed E-state index contributed by atoms with van der Waals surface area (Å²) >= 11 is 0. The van der Waals surface area contributed by atoms with Crippen molar-refractivity contribution in [2.24, 2.45) is 0 Å². The molecule has 3 nitrogen and oxygen atoms in total. The van der Waals surface area contributed by atoms with E-state index in [0.717, 1.165) is 24.0 Å². The lowest BCUT2D eigenvalue weighted by Crippen LogP contribution is -2.36. The van der Waals surface area contributed by atoms with E-state index in [4.69, 9.17) is 4.74 Å². The molecule has 0 aromatic heterocycles. The number of methoxy groups -OCH3 is 1. The summed E-state index contributed by atoms with van der Waals surface area (Å²) < 4.78 is 5.06. The Labute approximate surface area is 132 Å². The quantitative estimate of drug-likeness (QED) is 0.852. The number of rotatable bonds is 7. The van der Waals surface area contributed by atoms with Crippen molar-refractivity contribution < 1.29 is 9.53 Å². The number of carbonyl (C=O) groups excluding carboxylic acids is 1. The van der Waals surface area contributed by atoms with Gasteiger partial charge in [0.15, 0.2) is 0 Å². The lowest BCUT2D eigenvalue weighted by molar-refractivity contribution is 0.0904. The molecule has 0 radical (unpaired) electrons. The molecule has 0 spiro atoms. The number of benzene rings is 2. The molecule has 0 bridgehead atoms. The minimum atomic E-state index is -0.0341. The minimum Gasteiger partial charge on any atom is -0.383 e. The maximum absolute atomic E-state index is 12.4. The molecule has 22 heavy (non-hydrogen) atoms. The van der Waals surface area contributed by atoms with Crippen molar-refractivity contribution in [1.29, 1.82) is 0 Å². The monoisotopic (exact) mass is 297 g/mol. The van der Waals surface area contributed by atoms with Crippen LogP contribution in [0.1, 0.15) is 28.4 Å². The second-order valence-corrected chi connectivity index (χ2v) is 5.47. The standard InChI is InChI=1S/C19H23NO2/c1-15(14-22-2)20-19(21)18-11-7-6-10-17(18)13-12-16-8-4-3-5-9-16/h3-11,15H,12-14H2,1-2H3,(H,20,21)/t15-/m0/s1. The van der Waals surface area contributed by atoms with Gasteiger partial charge in [-0.2, -0.15) is 0 Å². The van der Waals surface area contributed by atoms with Crippen LogP contribution in [0, 0.1) is 0 Å². The van der Waals surface area contributed by atoms with Gasteiger partial charge in [0.25, 0.3) is 5.91 Å². The first-order valence-electron chi connectivity index (χ1n) is 7.62. The van der Waals surface area contributed by atoms with Crippen LogP contribution in [-0.4, -0.2) is 25.7 Å². The van der Waals surface area contributed by atoms with Gasteiger partial charge in [0, 0.05) is 18.7 Å². The van der Waals surface area contributed by atoms with E-state index in [1.165, 1.54) is 5.56 Å². The number of aryl methyl sites for hydroxylation is 2. The van der Waals surface area contributed by atoms with Gasteiger partial charge in [-0.3, -0.25) is 4.79 Å². The highest BCUT2D eigenvalue weighted by Gasteiger charge is 2.13. The van der Waals surface area contributed by atoms with Crippen molar-refractivity contribution in [3.05, 3.63) is 71.3 Å². The highest BCUT2D eigenvalue weighted by Crippen LogP contribution is 2.13. The van der Waals surface area contributed by atoms with Gasteiger partial charge in [0.05, 0.1) is 6.61 Å². The largest absolute Gasteiger partial charge is 0.383 e. The van der Waals surface area contributed by atoms with Crippen LogP contribution >= 0.6 is 0 Å². The molecule has 0 fully saturated rings. The van der Waals surface area contributed by atoms with Crippen molar-refractivity contribution >= 4 is 5.91 Å². The smallest absolute Gasteiger partial charge is 0.251 e. The van der Waals surface area contributed by atoms with Crippen molar-refractivity contribution in [1.82, 2.24) is 5.32 Å². The van der Waals surface area contributed by atoms with E-state index in [1.54, 1.807) is 7.11 Å². The molecule has 116 valence electrons. The number of hydrogen-bond acceptors (Lipinski definition) is 2. The van der Waals surface area contributed by atoms with E-state index < -0.39 is 0 Å². The summed E-state index contributed by atoms with van der Waals surface area (Å²) in [6.45, 7) is 2.45. The molecule has 0 aliphatic carbocycles. The molecule has 1 amide bonds. The van der Waals surface area contributed by atoms with Gasteiger partial charge in [-0.05, 0) is 37.0 Å². The van der Waals surface area contributed by atoms with E-state index in [2.05, 4.69) is 17.4 Å². The van der Waals surface area contributed by atoms with E-state index in [1.807, 2.05) is 49.4 Å². The molecular formula is C19H23NO2. The van der Waals surface area contributed by atoms with Gasteiger partial charge in [0.1, 0.15) is 0 Å². The van der Waals surface area contributed by atoms with E-state index in [9.17, 15) is 4.79 Å². The molecule has 1 N–H and O–H groups in total. The molecule has 0 heterocycles. The van der Waals surface area contributed by atoms with Crippen LogP contribution in [0.4, 0.5) is 0 Å². The highest BCUT2D eigenvalue weighted by atomic mass is 16.5. The molecule has 0 aliphatic heterocycles. The Balaban J connectivity index is 2.04. The van der Waals surface area contributed by atoms with Gasteiger partial charge in [-0.1, -0.05) is 48.5 Å². The maximum Gasteiger partial charge on any atom is 0.251 e. The zero-order valence-corrected chi connectivity index (χ0v) is 13.2. The first-order valence-corrected chi connectivity index (χ1v) is 7.62. The summed E-state index contributed by atoms with van der Waals surface area (Å²) in [6, 6.07) is 18.1. The molecule has 0 unspecified atom stereocenters. The fourth-order valence-electron chi connectivity index (χ4n) is 2.48. The van der Waals surface area contributed by atoms with E-state index >= 15 is 0 Å². The molecule has 3 heteroatoms. The van der Waals surface area contributed by atoms with Crippen LogP contribution in [0.3, 0.4) is 0 Å². The Kier molecular flexibility index (Phi) is 6.16. The zero-order chi connectivity index (χ0) is 15.8. The van der Waals surface area contributed by atoms with Crippen LogP contribution in [0.2, 0.25) is 0 Å². The second kappa shape index (κ2) is 8.35. The third-order valence-electron chi connectivity index (χ3n) is 3.58. The third-order valence-corrected chi connectivity index (χ3v) is 3.58. The summed E-state index contributed by atoms with van der Waals surface area (Å²) in [7, 11) is 1.64. The van der Waals surface area contributed by atoms with Gasteiger partial charge in [0.2, 0.25) is 0 Å². The molecule has 0 aliphatic rings. The molecule has 2 aromatic carbocycles. The van der Waals surface area contributed by atoms with E-state index in [-0.39, 0.29) is 11.9 Å². The lowest BCUT2D eigenvalue weighted by atomic mass is 9.99. The van der Waals surface area contributed by atoms with Crippen molar-refractivity contribution in [3.8, 4) is 0 Å². The lowest BCUT2D eigenvalue weighted by Gasteiger charge is -2.15. The SMILES string of the molecule is COC[C@H](C)NC(=O)c1ccccc1CCc1ccccc1. The van der Waals surface area contributed by atoms with Gasteiger partial charge in [-0.15, -0.1) is 0 Å². The van der Waals surface area contributed by atoms with Gasteiger partial charge in [-0.25, -0.2) is 0 Å². The summed E-state index contributed by atoms with van der Waals surface area (Å²) in [5.74, 6) is -0.0341. The number of amides is 1. The minimum absolute atomic E-state index is 0.000297. The fraction of sp³-hybridized carbons (Fsp3) is 0.316. The van der Waals surface area contributed by atoms with Crippen LogP contribution in [0.25, 0.3) is 0 Å². The number of carbonyl (C=O) groups is 1. The first kappa shape index (κ1) is 16.2. The van der Waals surface area contributed by atoms with E-state index in [0.29, 0.717) is 6.61 Å². The fourth-order valence-corrected chi connectivity index (χ4v) is 2.48. The Hall–Kier alpha value is -2.13. The average molecular weight is 297 g/mol. The predicted molar refractivity (Wildman–Crippen MR) is 89.1 cm³/mol. The summed E-state index contributed by atoms with van der Waals surface area (Å²) in [6.07, 6.45) is 1.78. The van der Waals surface area contributed by atoms with Crippen molar-refractivity contribution in [2.75, 3.05) is 13.7 Å². The predicted octanol–water partition coefficient (Wildman–Crippen LogP) is 3.24. The third kappa shape index (κ3) is 4.71. The zero-order valence-electron chi connectivity index (χ0n) is 13.2. The molecule has 2 rings (SSSR count). The Bertz CT molecular complexity index is 595. The topological polar surface area (TPSA) is 38.3 Å². The number of ether oxygens (including phenoxy) is 1. The average Bonchev–Trinajstić information content (AvgIpc) is 2.54. The van der Waals surface area contributed by atoms with Crippen LogP contribution in [-0.2, 0) is 17.6 Å². The van der Waals surface area contributed by atoms with Gasteiger partial charge < -0.3 is 10.1 Å². The Morgan fingerprint density at radius 2 is 1.73 bits per heavy atom.